The minimum Gasteiger partial charge on any atom is -0.352 e. The quantitative estimate of drug-likeness (QED) is 0.721. The Morgan fingerprint density at radius 1 is 1.08 bits per heavy atom. The van der Waals surface area contributed by atoms with Crippen LogP contribution in [0.2, 0.25) is 0 Å². The van der Waals surface area contributed by atoms with Crippen LogP contribution in [0.15, 0.2) is 61.1 Å². The van der Waals surface area contributed by atoms with Gasteiger partial charge < -0.3 is 14.8 Å². The van der Waals surface area contributed by atoms with E-state index in [1.54, 1.807) is 0 Å². The number of hydrogen-bond donors (Lipinski definition) is 1. The van der Waals surface area contributed by atoms with E-state index in [1.807, 2.05) is 42.9 Å². The second kappa shape index (κ2) is 6.88. The lowest BCUT2D eigenvalue weighted by atomic mass is 10.0. The van der Waals surface area contributed by atoms with Gasteiger partial charge in [0.2, 0.25) is 0 Å². The largest absolute Gasteiger partial charge is 0.352 e. The van der Waals surface area contributed by atoms with Crippen molar-refractivity contribution >= 4 is 17.3 Å². The Labute approximate surface area is 158 Å². The minimum absolute atomic E-state index is 0.0125. The molecule has 1 aliphatic rings. The summed E-state index contributed by atoms with van der Waals surface area (Å²) >= 11 is 5.71. The first kappa shape index (κ1) is 16.7. The van der Waals surface area contributed by atoms with Gasteiger partial charge in [-0.2, -0.15) is 0 Å². The molecular weight excluding hydrogens is 342 g/mol. The fourth-order valence-corrected chi connectivity index (χ4v) is 3.82. The number of hydrogen-bond acceptors (Lipinski definition) is 3. The van der Waals surface area contributed by atoms with Gasteiger partial charge in [-0.15, -0.1) is 0 Å². The summed E-state index contributed by atoms with van der Waals surface area (Å²) in [5, 5.41) is 4.24. The summed E-state index contributed by atoms with van der Waals surface area (Å²) in [6, 6.07) is 14.5. The molecule has 0 amide bonds. The van der Waals surface area contributed by atoms with Gasteiger partial charge >= 0.3 is 0 Å². The smallest absolute Gasteiger partial charge is 0.170 e. The number of aryl methyl sites for hydroxylation is 1. The Morgan fingerprint density at radius 2 is 1.88 bits per heavy atom. The van der Waals surface area contributed by atoms with Crippen molar-refractivity contribution in [3.63, 3.8) is 0 Å². The Hall–Kier alpha value is -2.73. The van der Waals surface area contributed by atoms with E-state index in [4.69, 9.17) is 12.2 Å². The third-order valence-electron chi connectivity index (χ3n) is 5.01. The normalized spacial score (nSPS) is 19.6. The number of nitrogens with one attached hydrogen (secondary N) is 1. The number of rotatable bonds is 4. The van der Waals surface area contributed by atoms with Crippen molar-refractivity contribution in [3.05, 3.63) is 83.7 Å². The van der Waals surface area contributed by atoms with Gasteiger partial charge in [-0.1, -0.05) is 6.07 Å². The van der Waals surface area contributed by atoms with E-state index in [2.05, 4.69) is 56.9 Å². The monoisotopic (exact) mass is 363 g/mol. The van der Waals surface area contributed by atoms with Crippen LogP contribution in [0.1, 0.15) is 34.7 Å². The molecule has 0 radical (unpaired) electrons. The van der Waals surface area contributed by atoms with Crippen LogP contribution >= 0.6 is 12.2 Å². The van der Waals surface area contributed by atoms with Crippen molar-refractivity contribution in [2.45, 2.75) is 25.6 Å². The van der Waals surface area contributed by atoms with Crippen molar-refractivity contribution in [3.8, 4) is 0 Å². The first-order valence-corrected chi connectivity index (χ1v) is 9.05. The van der Waals surface area contributed by atoms with E-state index in [1.165, 1.54) is 17.0 Å². The maximum atomic E-state index is 5.71. The molecule has 0 spiro atoms. The average Bonchev–Trinajstić information content (AvgIpc) is 3.17. The Bertz CT molecular complexity index is 906. The lowest BCUT2D eigenvalue weighted by Gasteiger charge is -2.28. The summed E-state index contributed by atoms with van der Waals surface area (Å²) in [5.74, 6) is 0. The van der Waals surface area contributed by atoms with Gasteiger partial charge in [0.15, 0.2) is 5.11 Å². The highest BCUT2D eigenvalue weighted by molar-refractivity contribution is 7.80. The second-order valence-corrected chi connectivity index (χ2v) is 6.96. The zero-order valence-electron chi connectivity index (χ0n) is 14.8. The number of thiocarbonyl (C=S) groups is 1. The SMILES string of the molecule is Cc1ccc([C@H]2[C@H](c3ccccn3)NC(=S)N2Cc2ccncc2)n1C. The van der Waals surface area contributed by atoms with Crippen LogP contribution in [0.25, 0.3) is 0 Å². The molecule has 1 saturated heterocycles. The summed E-state index contributed by atoms with van der Waals surface area (Å²) in [6.07, 6.45) is 5.47. The van der Waals surface area contributed by atoms with E-state index in [9.17, 15) is 0 Å². The Kier molecular flexibility index (Phi) is 4.42. The summed E-state index contributed by atoms with van der Waals surface area (Å²) in [6.45, 7) is 2.85. The van der Waals surface area contributed by atoms with E-state index >= 15 is 0 Å². The van der Waals surface area contributed by atoms with Gasteiger partial charge in [0, 0.05) is 43.6 Å². The van der Waals surface area contributed by atoms with E-state index < -0.39 is 0 Å². The zero-order chi connectivity index (χ0) is 18.1. The van der Waals surface area contributed by atoms with Gasteiger partial charge in [0.25, 0.3) is 0 Å². The van der Waals surface area contributed by atoms with Gasteiger partial charge in [0.1, 0.15) is 0 Å². The van der Waals surface area contributed by atoms with Gasteiger partial charge in [-0.25, -0.2) is 0 Å². The molecule has 3 aromatic rings. The highest BCUT2D eigenvalue weighted by Gasteiger charge is 2.40. The first-order chi connectivity index (χ1) is 12.6. The topological polar surface area (TPSA) is 46.0 Å². The van der Waals surface area contributed by atoms with Crippen molar-refractivity contribution in [2.24, 2.45) is 7.05 Å². The molecule has 0 aromatic carbocycles. The number of pyridine rings is 2. The van der Waals surface area contributed by atoms with Crippen molar-refractivity contribution in [2.75, 3.05) is 0 Å². The molecule has 6 heteroatoms. The molecule has 26 heavy (non-hydrogen) atoms. The molecule has 1 fully saturated rings. The second-order valence-electron chi connectivity index (χ2n) is 6.57. The van der Waals surface area contributed by atoms with Crippen LogP contribution in [0.4, 0.5) is 0 Å². The maximum absolute atomic E-state index is 5.71. The highest BCUT2D eigenvalue weighted by Crippen LogP contribution is 2.39. The molecule has 0 aliphatic carbocycles. The van der Waals surface area contributed by atoms with Crippen LogP contribution in [-0.4, -0.2) is 24.5 Å². The maximum Gasteiger partial charge on any atom is 0.170 e. The highest BCUT2D eigenvalue weighted by atomic mass is 32.1. The Balaban J connectivity index is 1.76. The van der Waals surface area contributed by atoms with Crippen LogP contribution in [0.5, 0.6) is 0 Å². The summed E-state index contributed by atoms with van der Waals surface area (Å²) < 4.78 is 2.23. The van der Waals surface area contributed by atoms with E-state index in [0.29, 0.717) is 0 Å². The van der Waals surface area contributed by atoms with Crippen molar-refractivity contribution in [1.29, 1.82) is 0 Å². The molecule has 132 valence electrons. The first-order valence-electron chi connectivity index (χ1n) is 8.64. The predicted octanol–water partition coefficient (Wildman–Crippen LogP) is 3.30. The van der Waals surface area contributed by atoms with E-state index in [0.717, 1.165) is 17.4 Å². The summed E-state index contributed by atoms with van der Waals surface area (Å²) in [7, 11) is 2.10. The number of nitrogens with zero attached hydrogens (tertiary/aromatic N) is 4. The number of aromatic nitrogens is 3. The van der Waals surface area contributed by atoms with Gasteiger partial charge in [-0.3, -0.25) is 9.97 Å². The predicted molar refractivity (Wildman–Crippen MR) is 105 cm³/mol. The average molecular weight is 363 g/mol. The fraction of sp³-hybridized carbons (Fsp3) is 0.250. The lowest BCUT2D eigenvalue weighted by molar-refractivity contribution is 0.299. The molecule has 0 saturated carbocycles. The molecule has 4 heterocycles. The fourth-order valence-electron chi connectivity index (χ4n) is 3.51. The van der Waals surface area contributed by atoms with Crippen LogP contribution in [0, 0.1) is 6.92 Å². The van der Waals surface area contributed by atoms with Crippen LogP contribution in [0.3, 0.4) is 0 Å². The molecule has 3 aromatic heterocycles. The zero-order valence-corrected chi connectivity index (χ0v) is 15.6. The standard InChI is InChI=1S/C20H21N5S/c1-14-6-7-17(24(14)2)19-18(16-5-3-4-10-22-16)23-20(26)25(19)13-15-8-11-21-12-9-15/h3-12,18-19H,13H2,1-2H3,(H,23,26)/t18-,19-/m0/s1. The lowest BCUT2D eigenvalue weighted by Crippen LogP contribution is -2.30. The molecule has 0 bridgehead atoms. The van der Waals surface area contributed by atoms with E-state index in [-0.39, 0.29) is 12.1 Å². The molecule has 1 N–H and O–H groups in total. The summed E-state index contributed by atoms with van der Waals surface area (Å²) in [4.78, 5) is 10.9. The van der Waals surface area contributed by atoms with Crippen LogP contribution < -0.4 is 5.32 Å². The molecule has 1 aliphatic heterocycles. The third-order valence-corrected chi connectivity index (χ3v) is 5.37. The van der Waals surface area contributed by atoms with Gasteiger partial charge in [-0.05, 0) is 61.1 Å². The molecule has 5 nitrogen and oxygen atoms in total. The molecule has 2 atom stereocenters. The van der Waals surface area contributed by atoms with Crippen molar-refractivity contribution < 1.29 is 0 Å². The Morgan fingerprint density at radius 3 is 2.54 bits per heavy atom. The summed E-state index contributed by atoms with van der Waals surface area (Å²) in [5.41, 5.74) is 4.62. The van der Waals surface area contributed by atoms with Crippen LogP contribution in [-0.2, 0) is 13.6 Å². The third kappa shape index (κ3) is 2.97. The molecule has 4 rings (SSSR count). The van der Waals surface area contributed by atoms with Crippen molar-refractivity contribution in [1.82, 2.24) is 24.8 Å². The minimum atomic E-state index is 0.0125. The van der Waals surface area contributed by atoms with Gasteiger partial charge in [0.05, 0.1) is 17.8 Å². The molecule has 0 unspecified atom stereocenters. The molecular formula is C20H21N5S.